The standard InChI is InChI=1S/C20H25NO4/c1-23-16-6-5-14(11-17(16)24-2)20-8-7-15(12-18(20)21-10-9-20)25-19(22)13-3-4-13/h5-7,11,13,18,21H,3-4,8-10,12H2,1-2H3/t18-,20-/m0/s1. The molecule has 0 aromatic heterocycles. The number of hydrogen-bond acceptors (Lipinski definition) is 5. The fourth-order valence-electron chi connectivity index (χ4n) is 4.16. The largest absolute Gasteiger partial charge is 0.493 e. The zero-order valence-electron chi connectivity index (χ0n) is 14.8. The molecule has 5 nitrogen and oxygen atoms in total. The van der Waals surface area contributed by atoms with Crippen LogP contribution >= 0.6 is 0 Å². The van der Waals surface area contributed by atoms with Gasteiger partial charge in [-0.1, -0.05) is 6.07 Å². The van der Waals surface area contributed by atoms with E-state index in [4.69, 9.17) is 14.2 Å². The lowest BCUT2D eigenvalue weighted by atomic mass is 9.68. The summed E-state index contributed by atoms with van der Waals surface area (Å²) in [5.41, 5.74) is 1.28. The van der Waals surface area contributed by atoms with Crippen LogP contribution in [0.5, 0.6) is 11.5 Å². The maximum Gasteiger partial charge on any atom is 0.313 e. The Labute approximate surface area is 148 Å². The minimum atomic E-state index is -0.0529. The van der Waals surface area contributed by atoms with Crippen molar-refractivity contribution in [2.45, 2.75) is 43.6 Å². The molecule has 1 aliphatic heterocycles. The van der Waals surface area contributed by atoms with Crippen LogP contribution in [0.1, 0.15) is 37.7 Å². The predicted octanol–water partition coefficient (Wildman–Crippen LogP) is 2.93. The van der Waals surface area contributed by atoms with Crippen LogP contribution in [-0.4, -0.2) is 32.8 Å². The number of nitrogens with one attached hydrogen (secondary N) is 1. The van der Waals surface area contributed by atoms with Gasteiger partial charge in [0.2, 0.25) is 0 Å². The lowest BCUT2D eigenvalue weighted by Crippen LogP contribution is -2.43. The first-order valence-electron chi connectivity index (χ1n) is 9.03. The number of carbonyl (C=O) groups is 1. The zero-order valence-corrected chi connectivity index (χ0v) is 14.8. The summed E-state index contributed by atoms with van der Waals surface area (Å²) in [6.45, 7) is 0.969. The Kier molecular flexibility index (Phi) is 4.20. The van der Waals surface area contributed by atoms with E-state index in [0.29, 0.717) is 0 Å². The molecule has 0 unspecified atom stereocenters. The maximum atomic E-state index is 12.0. The van der Waals surface area contributed by atoms with Crippen LogP contribution in [0.4, 0.5) is 0 Å². The van der Waals surface area contributed by atoms with Gasteiger partial charge >= 0.3 is 5.97 Å². The summed E-state index contributed by atoms with van der Waals surface area (Å²) in [6.07, 6.45) is 6.75. The first kappa shape index (κ1) is 16.5. The second-order valence-electron chi connectivity index (χ2n) is 7.26. The van der Waals surface area contributed by atoms with Crippen molar-refractivity contribution in [3.05, 3.63) is 35.6 Å². The van der Waals surface area contributed by atoms with Crippen LogP contribution in [0.2, 0.25) is 0 Å². The van der Waals surface area contributed by atoms with Crippen molar-refractivity contribution in [3.8, 4) is 11.5 Å². The number of benzene rings is 1. The Balaban J connectivity index is 1.60. The molecule has 1 aromatic carbocycles. The molecule has 134 valence electrons. The summed E-state index contributed by atoms with van der Waals surface area (Å²) in [5.74, 6) is 2.41. The Hall–Kier alpha value is -2.01. The van der Waals surface area contributed by atoms with Gasteiger partial charge in [-0.3, -0.25) is 4.79 Å². The van der Waals surface area contributed by atoms with Gasteiger partial charge in [0.15, 0.2) is 11.5 Å². The molecule has 1 N–H and O–H groups in total. The number of ether oxygens (including phenoxy) is 3. The van der Waals surface area contributed by atoms with E-state index in [2.05, 4.69) is 23.5 Å². The molecular formula is C20H25NO4. The maximum absolute atomic E-state index is 12.0. The molecule has 1 aromatic rings. The number of allylic oxidation sites excluding steroid dienone is 1. The lowest BCUT2D eigenvalue weighted by Gasteiger charge is -2.38. The number of methoxy groups -OCH3 is 2. The highest BCUT2D eigenvalue weighted by atomic mass is 16.5. The van der Waals surface area contributed by atoms with Gasteiger partial charge < -0.3 is 19.5 Å². The summed E-state index contributed by atoms with van der Waals surface area (Å²) >= 11 is 0. The molecule has 5 heteroatoms. The molecule has 0 amide bonds. The number of fused-ring (bicyclic) bond motifs is 1. The van der Waals surface area contributed by atoms with Crippen molar-refractivity contribution in [2.24, 2.45) is 5.92 Å². The third-order valence-corrected chi connectivity index (χ3v) is 5.83. The monoisotopic (exact) mass is 343 g/mol. The van der Waals surface area contributed by atoms with Gasteiger partial charge in [-0.05, 0) is 56.0 Å². The fourth-order valence-corrected chi connectivity index (χ4v) is 4.16. The van der Waals surface area contributed by atoms with E-state index >= 15 is 0 Å². The molecular weight excluding hydrogens is 318 g/mol. The summed E-state index contributed by atoms with van der Waals surface area (Å²) < 4.78 is 16.5. The smallest absolute Gasteiger partial charge is 0.313 e. The van der Waals surface area contributed by atoms with Crippen molar-refractivity contribution < 1.29 is 19.0 Å². The first-order chi connectivity index (χ1) is 12.2. The van der Waals surface area contributed by atoms with Gasteiger partial charge in [0.1, 0.15) is 5.76 Å². The normalized spacial score (nSPS) is 28.1. The second-order valence-corrected chi connectivity index (χ2v) is 7.26. The molecule has 0 radical (unpaired) electrons. The minimum absolute atomic E-state index is 0.0229. The molecule has 1 saturated carbocycles. The van der Waals surface area contributed by atoms with Crippen LogP contribution in [0.15, 0.2) is 30.0 Å². The van der Waals surface area contributed by atoms with Gasteiger partial charge in [-0.2, -0.15) is 0 Å². The van der Waals surface area contributed by atoms with E-state index in [0.717, 1.165) is 55.9 Å². The summed E-state index contributed by atoms with van der Waals surface area (Å²) in [6, 6.07) is 6.48. The van der Waals surface area contributed by atoms with E-state index in [9.17, 15) is 4.79 Å². The SMILES string of the molecule is COc1ccc([C@@]23CC=C(OC(=O)C4CC4)C[C@@H]2NCC3)cc1OC. The summed E-state index contributed by atoms with van der Waals surface area (Å²) in [5, 5.41) is 3.61. The van der Waals surface area contributed by atoms with Gasteiger partial charge in [0.25, 0.3) is 0 Å². The Bertz CT molecular complexity index is 710. The van der Waals surface area contributed by atoms with Crippen molar-refractivity contribution in [2.75, 3.05) is 20.8 Å². The molecule has 25 heavy (non-hydrogen) atoms. The van der Waals surface area contributed by atoms with E-state index in [-0.39, 0.29) is 23.3 Å². The predicted molar refractivity (Wildman–Crippen MR) is 93.8 cm³/mol. The van der Waals surface area contributed by atoms with E-state index in [1.54, 1.807) is 14.2 Å². The van der Waals surface area contributed by atoms with Crippen molar-refractivity contribution >= 4 is 5.97 Å². The Morgan fingerprint density at radius 1 is 1.20 bits per heavy atom. The highest BCUT2D eigenvalue weighted by molar-refractivity contribution is 5.76. The molecule has 1 saturated heterocycles. The van der Waals surface area contributed by atoms with Crippen molar-refractivity contribution in [3.63, 3.8) is 0 Å². The Morgan fingerprint density at radius 2 is 2.00 bits per heavy atom. The molecule has 4 rings (SSSR count). The van der Waals surface area contributed by atoms with Gasteiger partial charge in [0, 0.05) is 17.9 Å². The third kappa shape index (κ3) is 2.91. The highest BCUT2D eigenvalue weighted by Crippen LogP contribution is 2.47. The quantitative estimate of drug-likeness (QED) is 0.833. The minimum Gasteiger partial charge on any atom is -0.493 e. The molecule has 3 aliphatic rings. The summed E-state index contributed by atoms with van der Waals surface area (Å²) in [7, 11) is 3.32. The molecule has 0 bridgehead atoms. The topological polar surface area (TPSA) is 56.8 Å². The van der Waals surface area contributed by atoms with Crippen molar-refractivity contribution in [1.82, 2.24) is 5.32 Å². The van der Waals surface area contributed by atoms with Crippen LogP contribution in [0.25, 0.3) is 0 Å². The fraction of sp³-hybridized carbons (Fsp3) is 0.550. The third-order valence-electron chi connectivity index (χ3n) is 5.83. The number of carbonyl (C=O) groups excluding carboxylic acids is 1. The molecule has 2 atom stereocenters. The van der Waals surface area contributed by atoms with Crippen LogP contribution in [0, 0.1) is 5.92 Å². The van der Waals surface area contributed by atoms with Gasteiger partial charge in [-0.15, -0.1) is 0 Å². The van der Waals surface area contributed by atoms with E-state index in [1.165, 1.54) is 5.56 Å². The lowest BCUT2D eigenvalue weighted by molar-refractivity contribution is -0.141. The average Bonchev–Trinajstić information content (AvgIpc) is 3.41. The highest BCUT2D eigenvalue weighted by Gasteiger charge is 2.47. The Morgan fingerprint density at radius 3 is 2.72 bits per heavy atom. The molecule has 1 heterocycles. The van der Waals surface area contributed by atoms with Crippen molar-refractivity contribution in [1.29, 1.82) is 0 Å². The van der Waals surface area contributed by atoms with Gasteiger partial charge in [-0.25, -0.2) is 0 Å². The van der Waals surface area contributed by atoms with E-state index < -0.39 is 0 Å². The van der Waals surface area contributed by atoms with Crippen LogP contribution in [-0.2, 0) is 14.9 Å². The average molecular weight is 343 g/mol. The molecule has 2 fully saturated rings. The van der Waals surface area contributed by atoms with Gasteiger partial charge in [0.05, 0.1) is 20.1 Å². The second kappa shape index (κ2) is 6.37. The molecule has 0 spiro atoms. The molecule has 2 aliphatic carbocycles. The number of rotatable bonds is 5. The zero-order chi connectivity index (χ0) is 17.4. The van der Waals surface area contributed by atoms with Crippen LogP contribution in [0.3, 0.4) is 0 Å². The number of hydrogen-bond donors (Lipinski definition) is 1. The number of esters is 1. The van der Waals surface area contributed by atoms with Crippen LogP contribution < -0.4 is 14.8 Å². The van der Waals surface area contributed by atoms with E-state index in [1.807, 2.05) is 6.07 Å². The summed E-state index contributed by atoms with van der Waals surface area (Å²) in [4.78, 5) is 12.0. The first-order valence-corrected chi connectivity index (χ1v) is 9.03.